The Bertz CT molecular complexity index is 1490. The normalized spacial score (nSPS) is 14.8. The molecule has 5 rings (SSSR count). The monoisotopic (exact) mass is 514 g/mol. The Morgan fingerprint density at radius 2 is 1.37 bits per heavy atom. The predicted octanol–water partition coefficient (Wildman–Crippen LogP) is 5.94. The highest BCUT2D eigenvalue weighted by Gasteiger charge is 2.34. The lowest BCUT2D eigenvalue weighted by atomic mass is 9.93. The minimum absolute atomic E-state index is 0.105. The number of nitrogens with zero attached hydrogens (tertiary/aromatic N) is 2. The number of hydrogen-bond donors (Lipinski definition) is 1. The van der Waals surface area contributed by atoms with E-state index in [1.807, 2.05) is 47.5 Å². The van der Waals surface area contributed by atoms with Gasteiger partial charge in [-0.15, -0.1) is 0 Å². The molecule has 0 aromatic heterocycles. The summed E-state index contributed by atoms with van der Waals surface area (Å²) in [7, 11) is 8.00. The van der Waals surface area contributed by atoms with Gasteiger partial charge in [0.2, 0.25) is 5.75 Å². The van der Waals surface area contributed by atoms with Crippen molar-refractivity contribution in [2.75, 3.05) is 40.6 Å². The van der Waals surface area contributed by atoms with E-state index >= 15 is 0 Å². The van der Waals surface area contributed by atoms with Crippen LogP contribution in [-0.2, 0) is 0 Å². The summed E-state index contributed by atoms with van der Waals surface area (Å²) in [6, 6.07) is 20.9. The number of ether oxygens (including phenoxy) is 5. The van der Waals surface area contributed by atoms with Crippen LogP contribution in [0.4, 0.5) is 5.69 Å². The minimum Gasteiger partial charge on any atom is -0.507 e. The number of hydrazone groups is 1. The van der Waals surface area contributed by atoms with Crippen LogP contribution in [0, 0.1) is 0 Å². The quantitative estimate of drug-likeness (QED) is 0.311. The van der Waals surface area contributed by atoms with Crippen molar-refractivity contribution in [2.45, 2.75) is 12.5 Å². The van der Waals surface area contributed by atoms with Crippen LogP contribution in [0.1, 0.15) is 23.6 Å². The summed E-state index contributed by atoms with van der Waals surface area (Å²) >= 11 is 0. The molecule has 0 saturated heterocycles. The molecular formula is C30H30N2O6. The SMILES string of the molecule is COc1cc(N2N=C(c3c(O)cccc3OC)CC2c2ccc(OC)c3ccccc23)cc(OC)c1OC. The van der Waals surface area contributed by atoms with Gasteiger partial charge in [-0.25, -0.2) is 0 Å². The Morgan fingerprint density at radius 1 is 0.711 bits per heavy atom. The molecule has 0 fully saturated rings. The number of phenols is 1. The van der Waals surface area contributed by atoms with E-state index in [0.717, 1.165) is 27.8 Å². The van der Waals surface area contributed by atoms with E-state index in [1.165, 1.54) is 0 Å². The lowest BCUT2D eigenvalue weighted by Gasteiger charge is -2.27. The lowest BCUT2D eigenvalue weighted by molar-refractivity contribution is 0.324. The Kier molecular flexibility index (Phi) is 6.87. The Balaban J connectivity index is 1.73. The topological polar surface area (TPSA) is 82.0 Å². The number of hydrogen-bond acceptors (Lipinski definition) is 8. The maximum absolute atomic E-state index is 10.8. The van der Waals surface area contributed by atoms with E-state index in [4.69, 9.17) is 28.8 Å². The molecule has 8 nitrogen and oxygen atoms in total. The van der Waals surface area contributed by atoms with Crippen LogP contribution in [0.3, 0.4) is 0 Å². The second-order valence-corrected chi connectivity index (χ2v) is 8.75. The van der Waals surface area contributed by atoms with Crippen molar-refractivity contribution in [2.24, 2.45) is 5.10 Å². The molecule has 1 N–H and O–H groups in total. The molecule has 0 radical (unpaired) electrons. The first-order chi connectivity index (χ1) is 18.5. The van der Waals surface area contributed by atoms with Gasteiger partial charge in [-0.3, -0.25) is 5.01 Å². The molecule has 38 heavy (non-hydrogen) atoms. The van der Waals surface area contributed by atoms with Gasteiger partial charge >= 0.3 is 0 Å². The largest absolute Gasteiger partial charge is 0.507 e. The molecule has 196 valence electrons. The Hall–Kier alpha value is -4.59. The molecule has 4 aromatic carbocycles. The van der Waals surface area contributed by atoms with Crippen LogP contribution in [0.2, 0.25) is 0 Å². The number of benzene rings is 4. The first-order valence-corrected chi connectivity index (χ1v) is 12.1. The minimum atomic E-state index is -0.215. The third kappa shape index (κ3) is 4.18. The molecule has 8 heteroatoms. The highest BCUT2D eigenvalue weighted by Crippen LogP contribution is 2.47. The van der Waals surface area contributed by atoms with Gasteiger partial charge in [0.25, 0.3) is 0 Å². The van der Waals surface area contributed by atoms with Crippen LogP contribution in [0.15, 0.2) is 71.8 Å². The van der Waals surface area contributed by atoms with E-state index in [0.29, 0.717) is 40.7 Å². The molecule has 1 atom stereocenters. The summed E-state index contributed by atoms with van der Waals surface area (Å²) < 4.78 is 28.0. The zero-order valence-electron chi connectivity index (χ0n) is 22.0. The van der Waals surface area contributed by atoms with Crippen molar-refractivity contribution in [3.05, 3.63) is 77.9 Å². The molecule has 0 aliphatic carbocycles. The average Bonchev–Trinajstić information content (AvgIpc) is 3.40. The summed E-state index contributed by atoms with van der Waals surface area (Å²) in [5.41, 5.74) is 3.06. The maximum atomic E-state index is 10.8. The van der Waals surface area contributed by atoms with E-state index in [9.17, 15) is 5.11 Å². The standard InChI is InChI=1S/C30H30N2O6/c1-34-25-14-13-20(19-9-6-7-10-21(19)25)23-17-22(29-24(33)11-8-12-26(29)35-2)31-32(23)18-15-27(36-3)30(38-5)28(16-18)37-4/h6-16,23,33H,17H2,1-5H3. The fourth-order valence-corrected chi connectivity index (χ4v) is 5.08. The number of methoxy groups -OCH3 is 5. The summed E-state index contributed by atoms with van der Waals surface area (Å²) in [5, 5.41) is 19.8. The van der Waals surface area contributed by atoms with Crippen molar-refractivity contribution < 1.29 is 28.8 Å². The smallest absolute Gasteiger partial charge is 0.203 e. The Morgan fingerprint density at radius 3 is 2.00 bits per heavy atom. The number of fused-ring (bicyclic) bond motifs is 1. The third-order valence-corrected chi connectivity index (χ3v) is 6.83. The average molecular weight is 515 g/mol. The summed E-state index contributed by atoms with van der Waals surface area (Å²) in [6.07, 6.45) is 0.515. The second-order valence-electron chi connectivity index (χ2n) is 8.75. The number of anilines is 1. The van der Waals surface area contributed by atoms with E-state index < -0.39 is 0 Å². The van der Waals surface area contributed by atoms with E-state index in [1.54, 1.807) is 47.7 Å². The van der Waals surface area contributed by atoms with Gasteiger partial charge in [0.1, 0.15) is 17.2 Å². The molecule has 4 aromatic rings. The van der Waals surface area contributed by atoms with Gasteiger partial charge in [-0.2, -0.15) is 5.10 Å². The fourth-order valence-electron chi connectivity index (χ4n) is 5.08. The zero-order valence-corrected chi connectivity index (χ0v) is 22.0. The van der Waals surface area contributed by atoms with Crippen molar-refractivity contribution >= 4 is 22.2 Å². The molecule has 1 aliphatic rings. The van der Waals surface area contributed by atoms with Gasteiger partial charge in [0, 0.05) is 23.9 Å². The van der Waals surface area contributed by atoms with Crippen molar-refractivity contribution in [3.8, 4) is 34.5 Å². The summed E-state index contributed by atoms with van der Waals surface area (Å²) in [4.78, 5) is 0. The molecule has 1 unspecified atom stereocenters. The number of rotatable bonds is 8. The third-order valence-electron chi connectivity index (χ3n) is 6.83. The predicted molar refractivity (Wildman–Crippen MR) is 148 cm³/mol. The fraction of sp³-hybridized carbons (Fsp3) is 0.233. The van der Waals surface area contributed by atoms with Crippen LogP contribution >= 0.6 is 0 Å². The molecular weight excluding hydrogens is 484 g/mol. The Labute approximate surface area is 221 Å². The highest BCUT2D eigenvalue weighted by molar-refractivity contribution is 6.08. The highest BCUT2D eigenvalue weighted by atomic mass is 16.5. The molecule has 0 spiro atoms. The van der Waals surface area contributed by atoms with Crippen LogP contribution < -0.4 is 28.7 Å². The van der Waals surface area contributed by atoms with Gasteiger partial charge in [-0.1, -0.05) is 36.4 Å². The summed E-state index contributed by atoms with van der Waals surface area (Å²) in [6.45, 7) is 0. The van der Waals surface area contributed by atoms with Gasteiger partial charge in [0.05, 0.1) is 58.6 Å². The molecule has 0 bridgehead atoms. The maximum Gasteiger partial charge on any atom is 0.203 e. The zero-order chi connectivity index (χ0) is 26.8. The van der Waals surface area contributed by atoms with Crippen molar-refractivity contribution in [1.82, 2.24) is 0 Å². The van der Waals surface area contributed by atoms with E-state index in [-0.39, 0.29) is 11.8 Å². The van der Waals surface area contributed by atoms with Crippen LogP contribution in [0.25, 0.3) is 10.8 Å². The van der Waals surface area contributed by atoms with Crippen LogP contribution in [0.5, 0.6) is 34.5 Å². The van der Waals surface area contributed by atoms with Gasteiger partial charge in [-0.05, 0) is 29.1 Å². The number of aromatic hydroxyl groups is 1. The number of phenolic OH excluding ortho intramolecular Hbond substituents is 1. The van der Waals surface area contributed by atoms with E-state index in [2.05, 4.69) is 12.1 Å². The first-order valence-electron chi connectivity index (χ1n) is 12.1. The van der Waals surface area contributed by atoms with Crippen LogP contribution in [-0.4, -0.2) is 46.4 Å². The molecule has 0 amide bonds. The molecule has 0 saturated carbocycles. The molecule has 1 aliphatic heterocycles. The van der Waals surface area contributed by atoms with Crippen molar-refractivity contribution in [1.29, 1.82) is 0 Å². The summed E-state index contributed by atoms with van der Waals surface area (Å²) in [5.74, 6) is 2.98. The molecule has 1 heterocycles. The first kappa shape index (κ1) is 25.1. The lowest BCUT2D eigenvalue weighted by Crippen LogP contribution is -2.19. The van der Waals surface area contributed by atoms with Crippen molar-refractivity contribution in [3.63, 3.8) is 0 Å². The second kappa shape index (κ2) is 10.4. The van der Waals surface area contributed by atoms with Gasteiger partial charge < -0.3 is 28.8 Å². The van der Waals surface area contributed by atoms with Gasteiger partial charge in [0.15, 0.2) is 11.5 Å².